The van der Waals surface area contributed by atoms with Crippen molar-refractivity contribution in [3.63, 3.8) is 0 Å². The third-order valence-corrected chi connectivity index (χ3v) is 6.60. The van der Waals surface area contributed by atoms with E-state index in [1.807, 2.05) is 6.92 Å². The van der Waals surface area contributed by atoms with Gasteiger partial charge in [0.2, 0.25) is 0 Å². The Morgan fingerprint density at radius 3 is 2.89 bits per heavy atom. The van der Waals surface area contributed by atoms with Crippen molar-refractivity contribution in [1.29, 1.82) is 0 Å². The summed E-state index contributed by atoms with van der Waals surface area (Å²) in [5, 5.41) is 7.21. The second-order valence-corrected chi connectivity index (χ2v) is 8.19. The molecule has 4 rings (SSSR count). The highest BCUT2D eigenvalue weighted by atomic mass is 16.5. The van der Waals surface area contributed by atoms with Gasteiger partial charge in [0.25, 0.3) is 0 Å². The van der Waals surface area contributed by atoms with E-state index in [1.165, 1.54) is 31.2 Å². The van der Waals surface area contributed by atoms with Crippen LogP contribution in [0.1, 0.15) is 50.7 Å². The Morgan fingerprint density at radius 2 is 2.19 bits per heavy atom. The molecule has 3 unspecified atom stereocenters. The maximum Gasteiger partial charge on any atom is 0.191 e. The molecular formula is C22H33N3O2. The van der Waals surface area contributed by atoms with Gasteiger partial charge in [-0.15, -0.1) is 0 Å². The number of hydrogen-bond donors (Lipinski definition) is 2. The molecule has 5 nitrogen and oxygen atoms in total. The van der Waals surface area contributed by atoms with E-state index in [0.29, 0.717) is 36.6 Å². The van der Waals surface area contributed by atoms with Gasteiger partial charge in [0, 0.05) is 36.1 Å². The van der Waals surface area contributed by atoms with Crippen molar-refractivity contribution in [3.8, 4) is 5.75 Å². The molecule has 1 saturated heterocycles. The highest BCUT2D eigenvalue weighted by molar-refractivity contribution is 5.80. The van der Waals surface area contributed by atoms with Gasteiger partial charge in [-0.2, -0.15) is 0 Å². The normalized spacial score (nSPS) is 28.3. The Labute approximate surface area is 162 Å². The summed E-state index contributed by atoms with van der Waals surface area (Å²) in [5.74, 6) is 2.51. The Morgan fingerprint density at radius 1 is 1.33 bits per heavy atom. The largest absolute Gasteiger partial charge is 0.494 e. The lowest BCUT2D eigenvalue weighted by Gasteiger charge is -2.63. The fraction of sp³-hybridized carbons (Fsp3) is 0.682. The minimum atomic E-state index is 0.359. The van der Waals surface area contributed by atoms with Gasteiger partial charge >= 0.3 is 0 Å². The van der Waals surface area contributed by atoms with Gasteiger partial charge in [-0.05, 0) is 51.7 Å². The summed E-state index contributed by atoms with van der Waals surface area (Å²) in [6, 6.07) is 6.86. The SMILES string of the molecule is CCNC(=NCc1ccc(C)cc1OCC)NC1C2CCOC2C12CCC2. The van der Waals surface area contributed by atoms with E-state index in [1.54, 1.807) is 0 Å². The van der Waals surface area contributed by atoms with Crippen LogP contribution in [0, 0.1) is 18.3 Å². The number of fused-ring (bicyclic) bond motifs is 2. The number of rotatable bonds is 6. The number of nitrogens with zero attached hydrogens (tertiary/aromatic N) is 1. The van der Waals surface area contributed by atoms with Crippen LogP contribution in [-0.2, 0) is 11.3 Å². The Kier molecular flexibility index (Phi) is 5.31. The zero-order valence-electron chi connectivity index (χ0n) is 16.9. The molecule has 5 heteroatoms. The lowest BCUT2D eigenvalue weighted by Crippen LogP contribution is -2.72. The van der Waals surface area contributed by atoms with E-state index in [4.69, 9.17) is 14.5 Å². The summed E-state index contributed by atoms with van der Waals surface area (Å²) in [6.45, 7) is 9.32. The number of aliphatic imine (C=N–C) groups is 1. The summed E-state index contributed by atoms with van der Waals surface area (Å²) in [5.41, 5.74) is 2.70. The molecule has 0 aromatic heterocycles. The first kappa shape index (κ1) is 18.6. The summed E-state index contributed by atoms with van der Waals surface area (Å²) in [4.78, 5) is 4.89. The molecule has 0 bridgehead atoms. The zero-order valence-corrected chi connectivity index (χ0v) is 16.9. The predicted molar refractivity (Wildman–Crippen MR) is 108 cm³/mol. The van der Waals surface area contributed by atoms with E-state index >= 15 is 0 Å². The quantitative estimate of drug-likeness (QED) is 0.594. The van der Waals surface area contributed by atoms with Crippen LogP contribution >= 0.6 is 0 Å². The van der Waals surface area contributed by atoms with Crippen LogP contribution in [-0.4, -0.2) is 37.9 Å². The van der Waals surface area contributed by atoms with Crippen LogP contribution in [0.2, 0.25) is 0 Å². The van der Waals surface area contributed by atoms with Crippen molar-refractivity contribution in [1.82, 2.24) is 10.6 Å². The van der Waals surface area contributed by atoms with E-state index in [-0.39, 0.29) is 0 Å². The molecule has 1 aromatic rings. The van der Waals surface area contributed by atoms with Crippen molar-refractivity contribution < 1.29 is 9.47 Å². The maximum atomic E-state index is 6.05. The lowest BCUT2D eigenvalue weighted by molar-refractivity contribution is -0.171. The molecular weight excluding hydrogens is 338 g/mol. The lowest BCUT2D eigenvalue weighted by atomic mass is 9.46. The third kappa shape index (κ3) is 3.31. The number of nitrogens with one attached hydrogen (secondary N) is 2. The summed E-state index contributed by atoms with van der Waals surface area (Å²) in [6.07, 6.45) is 5.57. The predicted octanol–water partition coefficient (Wildman–Crippen LogP) is 3.41. The van der Waals surface area contributed by atoms with Crippen LogP contribution in [0.3, 0.4) is 0 Å². The first-order valence-electron chi connectivity index (χ1n) is 10.6. The minimum absolute atomic E-state index is 0.359. The van der Waals surface area contributed by atoms with Crippen molar-refractivity contribution in [2.24, 2.45) is 16.3 Å². The van der Waals surface area contributed by atoms with E-state index in [0.717, 1.165) is 30.4 Å². The third-order valence-electron chi connectivity index (χ3n) is 6.60. The van der Waals surface area contributed by atoms with Gasteiger partial charge in [-0.25, -0.2) is 4.99 Å². The molecule has 0 radical (unpaired) electrons. The number of aryl methyl sites for hydroxylation is 1. The van der Waals surface area contributed by atoms with Crippen LogP contribution < -0.4 is 15.4 Å². The molecule has 148 valence electrons. The van der Waals surface area contributed by atoms with Gasteiger partial charge in [0.1, 0.15) is 5.75 Å². The molecule has 3 aliphatic rings. The van der Waals surface area contributed by atoms with Crippen LogP contribution in [0.25, 0.3) is 0 Å². The maximum absolute atomic E-state index is 6.05. The Bertz CT molecular complexity index is 699. The number of hydrogen-bond acceptors (Lipinski definition) is 3. The topological polar surface area (TPSA) is 54.9 Å². The molecule has 1 aromatic carbocycles. The second-order valence-electron chi connectivity index (χ2n) is 8.19. The number of benzene rings is 1. The van der Waals surface area contributed by atoms with Crippen molar-refractivity contribution in [3.05, 3.63) is 29.3 Å². The molecule has 1 spiro atoms. The van der Waals surface area contributed by atoms with Crippen molar-refractivity contribution in [2.45, 2.75) is 65.1 Å². The number of guanidine groups is 1. The smallest absolute Gasteiger partial charge is 0.191 e. The highest BCUT2D eigenvalue weighted by Crippen LogP contribution is 2.62. The fourth-order valence-corrected chi connectivity index (χ4v) is 5.17. The molecule has 2 aliphatic carbocycles. The van der Waals surface area contributed by atoms with E-state index in [2.05, 4.69) is 42.7 Å². The monoisotopic (exact) mass is 371 g/mol. The van der Waals surface area contributed by atoms with Gasteiger partial charge < -0.3 is 20.1 Å². The molecule has 0 amide bonds. The molecule has 1 aliphatic heterocycles. The molecule has 2 saturated carbocycles. The molecule has 2 N–H and O–H groups in total. The highest BCUT2D eigenvalue weighted by Gasteiger charge is 2.66. The van der Waals surface area contributed by atoms with Crippen LogP contribution in [0.15, 0.2) is 23.2 Å². The van der Waals surface area contributed by atoms with Gasteiger partial charge in [-0.3, -0.25) is 0 Å². The van der Waals surface area contributed by atoms with Crippen molar-refractivity contribution >= 4 is 5.96 Å². The average molecular weight is 372 g/mol. The Balaban J connectivity index is 1.48. The average Bonchev–Trinajstić information content (AvgIpc) is 3.02. The van der Waals surface area contributed by atoms with Gasteiger partial charge in [-0.1, -0.05) is 18.6 Å². The standard InChI is InChI=1S/C22H33N3O2/c1-4-23-21(24-14-16-8-7-15(3)13-18(16)26-5-2)25-19-17-9-12-27-20(17)22(19)10-6-11-22/h7-8,13,17,19-20H,4-6,9-12,14H2,1-3H3,(H2,23,24,25). The first-order valence-corrected chi connectivity index (χ1v) is 10.6. The molecule has 3 atom stereocenters. The molecule has 1 heterocycles. The fourth-order valence-electron chi connectivity index (χ4n) is 5.17. The second kappa shape index (κ2) is 7.70. The summed E-state index contributed by atoms with van der Waals surface area (Å²) < 4.78 is 11.9. The summed E-state index contributed by atoms with van der Waals surface area (Å²) >= 11 is 0. The Hall–Kier alpha value is -1.75. The van der Waals surface area contributed by atoms with Gasteiger partial charge in [0.05, 0.1) is 19.3 Å². The number of ether oxygens (including phenoxy) is 2. The zero-order chi connectivity index (χ0) is 18.9. The van der Waals surface area contributed by atoms with E-state index < -0.39 is 0 Å². The molecule has 27 heavy (non-hydrogen) atoms. The van der Waals surface area contributed by atoms with Crippen LogP contribution in [0.5, 0.6) is 5.75 Å². The minimum Gasteiger partial charge on any atom is -0.494 e. The first-order chi connectivity index (χ1) is 13.2. The molecule has 3 fully saturated rings. The van der Waals surface area contributed by atoms with E-state index in [9.17, 15) is 0 Å². The summed E-state index contributed by atoms with van der Waals surface area (Å²) in [7, 11) is 0. The van der Waals surface area contributed by atoms with Crippen LogP contribution in [0.4, 0.5) is 0 Å². The van der Waals surface area contributed by atoms with Gasteiger partial charge in [0.15, 0.2) is 5.96 Å². The van der Waals surface area contributed by atoms with Crippen molar-refractivity contribution in [2.75, 3.05) is 19.8 Å².